The molecule has 0 atom stereocenters. The minimum absolute atomic E-state index is 0.715. The van der Waals surface area contributed by atoms with Crippen LogP contribution >= 0.6 is 0 Å². The number of ether oxygens (including phenoxy) is 1. The van der Waals surface area contributed by atoms with Crippen LogP contribution in [0.25, 0.3) is 11.2 Å². The minimum Gasteiger partial charge on any atom is -0.497 e. The van der Waals surface area contributed by atoms with Gasteiger partial charge < -0.3 is 4.74 Å². The summed E-state index contributed by atoms with van der Waals surface area (Å²) in [7, 11) is 1.71. The highest BCUT2D eigenvalue weighted by Crippen LogP contribution is 2.41. The number of nitrogens with zero attached hydrogens (tertiary/aromatic N) is 5. The Bertz CT molecular complexity index is 971. The number of rotatable bonds is 1. The quantitative estimate of drug-likeness (QED) is 0.687. The van der Waals surface area contributed by atoms with Crippen molar-refractivity contribution in [3.05, 3.63) is 47.3 Å². The highest BCUT2D eigenvalue weighted by atomic mass is 16.5. The second-order valence-corrected chi connectivity index (χ2v) is 6.19. The molecule has 6 heteroatoms. The fourth-order valence-electron chi connectivity index (χ4n) is 3.70. The third kappa shape index (κ3) is 1.73. The molecule has 24 heavy (non-hydrogen) atoms. The third-order valence-corrected chi connectivity index (χ3v) is 4.98. The average molecular weight is 319 g/mol. The van der Waals surface area contributed by atoms with Crippen molar-refractivity contribution in [3.63, 3.8) is 0 Å². The molecule has 0 aliphatic carbocycles. The fraction of sp³-hybridized carbons (Fsp3) is 0.278. The van der Waals surface area contributed by atoms with Crippen molar-refractivity contribution in [1.82, 2.24) is 15.0 Å². The van der Waals surface area contributed by atoms with Gasteiger partial charge in [-0.2, -0.15) is 0 Å². The maximum Gasteiger partial charge on any atom is 0.180 e. The topological polar surface area (TPSA) is 54.4 Å². The first-order valence-electron chi connectivity index (χ1n) is 8.08. The number of hydrazine groups is 1. The summed E-state index contributed by atoms with van der Waals surface area (Å²) in [6.45, 7) is 3.84. The number of anilines is 2. The van der Waals surface area contributed by atoms with E-state index in [9.17, 15) is 0 Å². The number of hydrogen-bond donors (Lipinski definition) is 0. The molecule has 0 unspecified atom stereocenters. The molecule has 1 aromatic carbocycles. The standard InChI is InChI=1S/C18H17N5O/c1-11-14-10-23-15-9-13(24-2)4-3-12(15)5-8-22(23)18(14)21-17-16(11)19-6-7-20-17/h3-4,6-7,9H,5,8,10H2,1-2H3. The van der Waals surface area contributed by atoms with Crippen LogP contribution in [0.2, 0.25) is 0 Å². The molecular weight excluding hydrogens is 302 g/mol. The van der Waals surface area contributed by atoms with Crippen molar-refractivity contribution in [1.29, 1.82) is 0 Å². The lowest BCUT2D eigenvalue weighted by Gasteiger charge is -2.37. The number of aryl methyl sites for hydroxylation is 1. The smallest absolute Gasteiger partial charge is 0.180 e. The van der Waals surface area contributed by atoms with Crippen LogP contribution in [0.5, 0.6) is 5.75 Å². The van der Waals surface area contributed by atoms with Crippen LogP contribution in [0.4, 0.5) is 11.5 Å². The highest BCUT2D eigenvalue weighted by molar-refractivity contribution is 5.82. The van der Waals surface area contributed by atoms with Crippen LogP contribution in [-0.4, -0.2) is 28.6 Å². The van der Waals surface area contributed by atoms with Gasteiger partial charge in [0.1, 0.15) is 11.3 Å². The molecular formula is C18H17N5O. The van der Waals surface area contributed by atoms with Crippen molar-refractivity contribution in [2.75, 3.05) is 23.7 Å². The normalized spacial score (nSPS) is 15.2. The summed E-state index contributed by atoms with van der Waals surface area (Å²) in [5.41, 5.74) is 6.55. The van der Waals surface area contributed by atoms with Gasteiger partial charge in [-0.15, -0.1) is 0 Å². The second-order valence-electron chi connectivity index (χ2n) is 6.19. The Balaban J connectivity index is 1.69. The number of pyridine rings is 1. The van der Waals surface area contributed by atoms with Gasteiger partial charge in [0.05, 0.1) is 19.3 Å². The van der Waals surface area contributed by atoms with Crippen LogP contribution in [-0.2, 0) is 13.0 Å². The lowest BCUT2D eigenvalue weighted by Crippen LogP contribution is -2.43. The van der Waals surface area contributed by atoms with Gasteiger partial charge in [0.2, 0.25) is 0 Å². The molecule has 0 radical (unpaired) electrons. The fourth-order valence-corrected chi connectivity index (χ4v) is 3.70. The van der Waals surface area contributed by atoms with E-state index in [0.717, 1.165) is 36.6 Å². The molecule has 0 spiro atoms. The molecule has 120 valence electrons. The maximum absolute atomic E-state index is 5.41. The zero-order valence-electron chi connectivity index (χ0n) is 13.7. The van der Waals surface area contributed by atoms with E-state index in [2.05, 4.69) is 39.0 Å². The molecule has 0 saturated carbocycles. The summed E-state index contributed by atoms with van der Waals surface area (Å²) in [6, 6.07) is 6.30. The SMILES string of the molecule is COc1ccc2c(c1)N1Cc3c(nc4nccnc4c3C)N1CC2. The Labute approximate surface area is 139 Å². The van der Waals surface area contributed by atoms with Crippen molar-refractivity contribution < 1.29 is 4.74 Å². The van der Waals surface area contributed by atoms with E-state index in [0.29, 0.717) is 5.65 Å². The molecule has 0 bridgehead atoms. The van der Waals surface area contributed by atoms with Crippen molar-refractivity contribution in [2.45, 2.75) is 19.9 Å². The number of fused-ring (bicyclic) bond motifs is 6. The number of benzene rings is 1. The van der Waals surface area contributed by atoms with Gasteiger partial charge in [0.25, 0.3) is 0 Å². The summed E-state index contributed by atoms with van der Waals surface area (Å²) >= 11 is 0. The molecule has 0 saturated heterocycles. The molecule has 4 heterocycles. The molecule has 3 aromatic rings. The number of hydrogen-bond acceptors (Lipinski definition) is 6. The second kappa shape index (κ2) is 4.80. The van der Waals surface area contributed by atoms with E-state index in [1.807, 2.05) is 6.07 Å². The van der Waals surface area contributed by atoms with Crippen LogP contribution in [0.3, 0.4) is 0 Å². The molecule has 0 amide bonds. The summed E-state index contributed by atoms with van der Waals surface area (Å²) in [6.07, 6.45) is 4.42. The largest absolute Gasteiger partial charge is 0.497 e. The average Bonchev–Trinajstić information content (AvgIpc) is 3.01. The minimum atomic E-state index is 0.715. The van der Waals surface area contributed by atoms with Crippen LogP contribution in [0, 0.1) is 6.92 Å². The summed E-state index contributed by atoms with van der Waals surface area (Å²) in [5, 5.41) is 4.56. The Morgan fingerprint density at radius 2 is 2.00 bits per heavy atom. The Morgan fingerprint density at radius 1 is 1.12 bits per heavy atom. The lowest BCUT2D eigenvalue weighted by molar-refractivity contribution is 0.414. The monoisotopic (exact) mass is 319 g/mol. The zero-order valence-corrected chi connectivity index (χ0v) is 13.7. The number of aromatic nitrogens is 3. The molecule has 6 nitrogen and oxygen atoms in total. The maximum atomic E-state index is 5.41. The lowest BCUT2D eigenvalue weighted by atomic mass is 10.1. The molecule has 5 rings (SSSR count). The Kier molecular flexibility index (Phi) is 2.71. The van der Waals surface area contributed by atoms with Crippen molar-refractivity contribution in [3.8, 4) is 5.75 Å². The summed E-state index contributed by atoms with van der Waals surface area (Å²) in [4.78, 5) is 13.7. The van der Waals surface area contributed by atoms with Gasteiger partial charge >= 0.3 is 0 Å². The molecule has 2 aromatic heterocycles. The summed E-state index contributed by atoms with van der Waals surface area (Å²) in [5.74, 6) is 1.89. The van der Waals surface area contributed by atoms with Crippen LogP contribution in [0.15, 0.2) is 30.6 Å². The van der Waals surface area contributed by atoms with E-state index in [-0.39, 0.29) is 0 Å². The van der Waals surface area contributed by atoms with Crippen molar-refractivity contribution in [2.24, 2.45) is 0 Å². The highest BCUT2D eigenvalue weighted by Gasteiger charge is 2.35. The molecule has 2 aliphatic heterocycles. The van der Waals surface area contributed by atoms with Crippen LogP contribution < -0.4 is 14.8 Å². The van der Waals surface area contributed by atoms with Crippen molar-refractivity contribution >= 4 is 22.7 Å². The first kappa shape index (κ1) is 13.5. The first-order valence-corrected chi connectivity index (χ1v) is 8.08. The van der Waals surface area contributed by atoms with Gasteiger partial charge in [-0.3, -0.25) is 15.0 Å². The van der Waals surface area contributed by atoms with Gasteiger partial charge in [-0.25, -0.2) is 9.97 Å². The zero-order chi connectivity index (χ0) is 16.3. The Hall–Kier alpha value is -2.89. The van der Waals surface area contributed by atoms with Gasteiger partial charge in [-0.05, 0) is 30.5 Å². The van der Waals surface area contributed by atoms with E-state index in [1.165, 1.54) is 22.4 Å². The van der Waals surface area contributed by atoms with Gasteiger partial charge in [0.15, 0.2) is 11.5 Å². The Morgan fingerprint density at radius 3 is 2.88 bits per heavy atom. The van der Waals surface area contributed by atoms with Gasteiger partial charge in [0, 0.05) is 30.6 Å². The third-order valence-electron chi connectivity index (χ3n) is 4.98. The van der Waals surface area contributed by atoms with Crippen LogP contribution in [0.1, 0.15) is 16.7 Å². The predicted octanol–water partition coefficient (Wildman–Crippen LogP) is 2.64. The van der Waals surface area contributed by atoms with Gasteiger partial charge in [-0.1, -0.05) is 6.07 Å². The molecule has 2 aliphatic rings. The molecule has 0 fully saturated rings. The van der Waals surface area contributed by atoms with E-state index in [4.69, 9.17) is 9.72 Å². The summed E-state index contributed by atoms with van der Waals surface area (Å²) < 4.78 is 5.41. The van der Waals surface area contributed by atoms with E-state index in [1.54, 1.807) is 19.5 Å². The van der Waals surface area contributed by atoms with E-state index >= 15 is 0 Å². The molecule has 0 N–H and O–H groups in total. The van der Waals surface area contributed by atoms with E-state index < -0.39 is 0 Å². The predicted molar refractivity (Wildman–Crippen MR) is 92.3 cm³/mol. The number of methoxy groups -OCH3 is 1. The first-order chi connectivity index (χ1) is 11.8.